The summed E-state index contributed by atoms with van der Waals surface area (Å²) < 4.78 is 32.6. The highest BCUT2D eigenvalue weighted by atomic mass is 32.2. The lowest BCUT2D eigenvalue weighted by Gasteiger charge is -2.16. The minimum Gasteiger partial charge on any atom is -0.385 e. The molecule has 0 aromatic heterocycles. The molecule has 0 saturated heterocycles. The Morgan fingerprint density at radius 3 is 2.71 bits per heavy atom. The summed E-state index contributed by atoms with van der Waals surface area (Å²) in [6.07, 6.45) is 2.91. The van der Waals surface area contributed by atoms with Crippen molar-refractivity contribution in [1.82, 2.24) is 4.72 Å². The number of aryl methyl sites for hydroxylation is 1. The van der Waals surface area contributed by atoms with Crippen molar-refractivity contribution in [3.63, 3.8) is 0 Å². The first-order valence-corrected chi connectivity index (χ1v) is 8.40. The van der Waals surface area contributed by atoms with Gasteiger partial charge in [0, 0.05) is 20.3 Å². The second kappa shape index (κ2) is 6.14. The Balaban J connectivity index is 2.11. The van der Waals surface area contributed by atoms with Crippen molar-refractivity contribution in [3.05, 3.63) is 29.3 Å². The molecule has 1 aliphatic rings. The van der Waals surface area contributed by atoms with Gasteiger partial charge in [-0.05, 0) is 49.3 Å². The lowest BCUT2D eigenvalue weighted by Crippen LogP contribution is -2.31. The molecule has 1 aromatic carbocycles. The molecule has 1 aromatic rings. The number of methoxy groups -OCH3 is 1. The number of nitriles is 1. The van der Waals surface area contributed by atoms with Gasteiger partial charge in [0.05, 0.1) is 16.5 Å². The third-order valence-electron chi connectivity index (χ3n) is 4.04. The van der Waals surface area contributed by atoms with Crippen LogP contribution in [0.5, 0.6) is 0 Å². The molecule has 0 bridgehead atoms. The first-order chi connectivity index (χ1) is 9.92. The lowest BCUT2D eigenvalue weighted by molar-refractivity contribution is 0.173. The molecule has 0 heterocycles. The standard InChI is InChI=1S/C15H20N2O3S/c1-12-3-4-13(10-16)9-14(12)21(18,19)17-11-15(5-6-15)7-8-20-2/h3-4,9,17H,5-8,11H2,1-2H3. The zero-order chi connectivity index (χ0) is 15.5. The molecule has 0 atom stereocenters. The van der Waals surface area contributed by atoms with Gasteiger partial charge < -0.3 is 4.74 Å². The average Bonchev–Trinajstić information content (AvgIpc) is 3.24. The Morgan fingerprint density at radius 2 is 2.14 bits per heavy atom. The predicted octanol–water partition coefficient (Wildman–Crippen LogP) is 1.96. The Labute approximate surface area is 126 Å². The second-order valence-electron chi connectivity index (χ2n) is 5.66. The van der Waals surface area contributed by atoms with Crippen LogP contribution in [0, 0.1) is 23.7 Å². The Bertz CT molecular complexity index is 658. The van der Waals surface area contributed by atoms with Gasteiger partial charge in [0.1, 0.15) is 0 Å². The van der Waals surface area contributed by atoms with Crippen molar-refractivity contribution in [2.24, 2.45) is 5.41 Å². The van der Waals surface area contributed by atoms with Gasteiger partial charge in [-0.3, -0.25) is 0 Å². The highest BCUT2D eigenvalue weighted by Gasteiger charge is 2.42. The van der Waals surface area contributed by atoms with E-state index in [4.69, 9.17) is 10.00 Å². The molecule has 0 radical (unpaired) electrons. The maximum Gasteiger partial charge on any atom is 0.240 e. The van der Waals surface area contributed by atoms with Crippen LogP contribution in [0.25, 0.3) is 0 Å². The van der Waals surface area contributed by atoms with Crippen LogP contribution in [-0.4, -0.2) is 28.7 Å². The Hall–Kier alpha value is -1.42. The predicted molar refractivity (Wildman–Crippen MR) is 79.2 cm³/mol. The monoisotopic (exact) mass is 308 g/mol. The van der Waals surface area contributed by atoms with E-state index in [2.05, 4.69) is 4.72 Å². The normalized spacial score (nSPS) is 16.4. The molecule has 0 aliphatic heterocycles. The zero-order valence-corrected chi connectivity index (χ0v) is 13.2. The van der Waals surface area contributed by atoms with E-state index in [1.165, 1.54) is 6.07 Å². The first-order valence-electron chi connectivity index (χ1n) is 6.92. The summed E-state index contributed by atoms with van der Waals surface area (Å²) in [6.45, 7) is 2.80. The fourth-order valence-electron chi connectivity index (χ4n) is 2.30. The van der Waals surface area contributed by atoms with E-state index in [1.807, 2.05) is 6.07 Å². The van der Waals surface area contributed by atoms with E-state index in [-0.39, 0.29) is 10.3 Å². The molecule has 0 amide bonds. The molecule has 2 rings (SSSR count). The van der Waals surface area contributed by atoms with Gasteiger partial charge >= 0.3 is 0 Å². The van der Waals surface area contributed by atoms with Crippen molar-refractivity contribution in [2.45, 2.75) is 31.1 Å². The molecule has 1 saturated carbocycles. The maximum absolute atomic E-state index is 12.4. The highest BCUT2D eigenvalue weighted by Crippen LogP contribution is 2.48. The van der Waals surface area contributed by atoms with Crippen LogP contribution in [0.3, 0.4) is 0 Å². The van der Waals surface area contributed by atoms with Crippen LogP contribution in [0.1, 0.15) is 30.4 Å². The summed E-state index contributed by atoms with van der Waals surface area (Å²) >= 11 is 0. The summed E-state index contributed by atoms with van der Waals surface area (Å²) in [5.74, 6) is 0. The third kappa shape index (κ3) is 3.82. The third-order valence-corrected chi connectivity index (χ3v) is 5.58. The van der Waals surface area contributed by atoms with E-state index >= 15 is 0 Å². The highest BCUT2D eigenvalue weighted by molar-refractivity contribution is 7.89. The van der Waals surface area contributed by atoms with Gasteiger partial charge in [-0.1, -0.05) is 6.07 Å². The van der Waals surface area contributed by atoms with E-state index in [1.54, 1.807) is 26.2 Å². The molecule has 1 aliphatic carbocycles. The number of hydrogen-bond acceptors (Lipinski definition) is 4. The molecule has 1 fully saturated rings. The second-order valence-corrected chi connectivity index (χ2v) is 7.39. The molecule has 0 unspecified atom stereocenters. The molecule has 6 heteroatoms. The molecular weight excluding hydrogens is 288 g/mol. The van der Waals surface area contributed by atoms with Crippen molar-refractivity contribution < 1.29 is 13.2 Å². The zero-order valence-electron chi connectivity index (χ0n) is 12.3. The Kier molecular flexibility index (Phi) is 4.67. The lowest BCUT2D eigenvalue weighted by atomic mass is 10.0. The number of sulfonamides is 1. The molecular formula is C15H20N2O3S. The van der Waals surface area contributed by atoms with Crippen molar-refractivity contribution in [3.8, 4) is 6.07 Å². The fraction of sp³-hybridized carbons (Fsp3) is 0.533. The number of nitrogens with one attached hydrogen (secondary N) is 1. The number of rotatable bonds is 7. The Morgan fingerprint density at radius 1 is 1.43 bits per heavy atom. The summed E-state index contributed by atoms with van der Waals surface area (Å²) in [6, 6.07) is 6.67. The SMILES string of the molecule is COCCC1(CNS(=O)(=O)c2cc(C#N)ccc2C)CC1. The van der Waals surface area contributed by atoms with E-state index in [0.29, 0.717) is 24.3 Å². The van der Waals surface area contributed by atoms with Crippen LogP contribution in [0.15, 0.2) is 23.1 Å². The number of hydrogen-bond donors (Lipinski definition) is 1. The molecule has 1 N–H and O–H groups in total. The van der Waals surface area contributed by atoms with Gasteiger partial charge in [0.25, 0.3) is 0 Å². The quantitative estimate of drug-likeness (QED) is 0.835. The molecule has 0 spiro atoms. The number of nitrogens with zero attached hydrogens (tertiary/aromatic N) is 1. The van der Waals surface area contributed by atoms with Crippen LogP contribution < -0.4 is 4.72 Å². The summed E-state index contributed by atoms with van der Waals surface area (Å²) in [4.78, 5) is 0.184. The largest absolute Gasteiger partial charge is 0.385 e. The minimum absolute atomic E-state index is 0.0455. The van der Waals surface area contributed by atoms with E-state index < -0.39 is 10.0 Å². The summed E-state index contributed by atoms with van der Waals surface area (Å²) in [5, 5.41) is 8.91. The summed E-state index contributed by atoms with van der Waals surface area (Å²) in [7, 11) is -1.93. The van der Waals surface area contributed by atoms with Crippen LogP contribution >= 0.6 is 0 Å². The van der Waals surface area contributed by atoms with Crippen molar-refractivity contribution in [2.75, 3.05) is 20.3 Å². The molecule has 5 nitrogen and oxygen atoms in total. The van der Waals surface area contributed by atoms with Crippen LogP contribution in [0.2, 0.25) is 0 Å². The average molecular weight is 308 g/mol. The van der Waals surface area contributed by atoms with Gasteiger partial charge in [-0.25, -0.2) is 13.1 Å². The van der Waals surface area contributed by atoms with Crippen molar-refractivity contribution >= 4 is 10.0 Å². The van der Waals surface area contributed by atoms with Crippen molar-refractivity contribution in [1.29, 1.82) is 5.26 Å². The first kappa shape index (κ1) is 16.0. The summed E-state index contributed by atoms with van der Waals surface area (Å²) in [5.41, 5.74) is 1.04. The van der Waals surface area contributed by atoms with E-state index in [0.717, 1.165) is 19.3 Å². The topological polar surface area (TPSA) is 79.2 Å². The molecule has 114 valence electrons. The maximum atomic E-state index is 12.4. The van der Waals surface area contributed by atoms with Gasteiger partial charge in [0.2, 0.25) is 10.0 Å². The van der Waals surface area contributed by atoms with Gasteiger partial charge in [0.15, 0.2) is 0 Å². The number of ether oxygens (including phenoxy) is 1. The van der Waals surface area contributed by atoms with Crippen LogP contribution in [0.4, 0.5) is 0 Å². The smallest absolute Gasteiger partial charge is 0.240 e. The van der Waals surface area contributed by atoms with Crippen LogP contribution in [-0.2, 0) is 14.8 Å². The van der Waals surface area contributed by atoms with Gasteiger partial charge in [-0.2, -0.15) is 5.26 Å². The van der Waals surface area contributed by atoms with Gasteiger partial charge in [-0.15, -0.1) is 0 Å². The minimum atomic E-state index is -3.58. The van der Waals surface area contributed by atoms with E-state index in [9.17, 15) is 8.42 Å². The fourth-order valence-corrected chi connectivity index (χ4v) is 3.72. The number of benzene rings is 1. The molecule has 21 heavy (non-hydrogen) atoms.